The van der Waals surface area contributed by atoms with E-state index in [4.69, 9.17) is 5.73 Å². The van der Waals surface area contributed by atoms with E-state index in [-0.39, 0.29) is 5.54 Å². The highest BCUT2D eigenvalue weighted by Gasteiger charge is 2.37. The van der Waals surface area contributed by atoms with Crippen LogP contribution in [-0.2, 0) is 6.42 Å². The molecule has 0 radical (unpaired) electrons. The number of nitrogens with two attached hydrogens (primary N) is 1. The van der Waals surface area contributed by atoms with E-state index in [0.29, 0.717) is 0 Å². The molecule has 0 bridgehead atoms. The first-order chi connectivity index (χ1) is 8.16. The number of fused-ring (bicyclic) bond motifs is 1. The van der Waals surface area contributed by atoms with Crippen LogP contribution < -0.4 is 5.73 Å². The molecule has 0 spiro atoms. The number of aryl methyl sites for hydroxylation is 2. The van der Waals surface area contributed by atoms with Gasteiger partial charge in [-0.3, -0.25) is 4.98 Å². The molecule has 1 aliphatic carbocycles. The van der Waals surface area contributed by atoms with E-state index < -0.39 is 0 Å². The average molecular weight is 226 g/mol. The van der Waals surface area contributed by atoms with Crippen molar-refractivity contribution in [3.63, 3.8) is 0 Å². The molecule has 17 heavy (non-hydrogen) atoms. The highest BCUT2D eigenvalue weighted by atomic mass is 14.8. The molecule has 1 heterocycles. The van der Waals surface area contributed by atoms with Gasteiger partial charge in [-0.25, -0.2) is 0 Å². The Balaban J connectivity index is 1.90. The molecule has 2 aromatic rings. The van der Waals surface area contributed by atoms with E-state index in [1.54, 1.807) is 0 Å². The van der Waals surface area contributed by atoms with Crippen LogP contribution in [0.15, 0.2) is 30.3 Å². The third kappa shape index (κ3) is 2.18. The molecule has 0 unspecified atom stereocenters. The third-order valence-electron chi connectivity index (χ3n) is 3.80. The van der Waals surface area contributed by atoms with Crippen LogP contribution in [0.25, 0.3) is 10.9 Å². The Morgan fingerprint density at radius 3 is 2.82 bits per heavy atom. The van der Waals surface area contributed by atoms with E-state index in [1.165, 1.54) is 23.8 Å². The molecule has 2 nitrogen and oxygen atoms in total. The second-order valence-corrected chi connectivity index (χ2v) is 5.29. The standard InChI is InChI=1S/C15H18N2/c1-11-12(6-7-15(16)8-9-15)10-13-4-2-3-5-14(13)17-11/h2-5,10H,6-9,16H2,1H3. The predicted molar refractivity (Wildman–Crippen MR) is 71.0 cm³/mol. The van der Waals surface area contributed by atoms with Crippen molar-refractivity contribution in [2.75, 3.05) is 0 Å². The van der Waals surface area contributed by atoms with Crippen molar-refractivity contribution >= 4 is 10.9 Å². The van der Waals surface area contributed by atoms with Gasteiger partial charge in [0.1, 0.15) is 0 Å². The Labute approximate surface area is 102 Å². The first-order valence-electron chi connectivity index (χ1n) is 6.30. The summed E-state index contributed by atoms with van der Waals surface area (Å²) in [6.07, 6.45) is 4.52. The SMILES string of the molecule is Cc1nc2ccccc2cc1CCC1(N)CC1. The fraction of sp³-hybridized carbons (Fsp3) is 0.400. The Morgan fingerprint density at radius 2 is 2.06 bits per heavy atom. The number of benzene rings is 1. The summed E-state index contributed by atoms with van der Waals surface area (Å²) in [5.41, 5.74) is 9.85. The summed E-state index contributed by atoms with van der Waals surface area (Å²) >= 11 is 0. The van der Waals surface area contributed by atoms with Gasteiger partial charge in [-0.15, -0.1) is 0 Å². The Hall–Kier alpha value is -1.41. The van der Waals surface area contributed by atoms with Gasteiger partial charge in [0.2, 0.25) is 0 Å². The summed E-state index contributed by atoms with van der Waals surface area (Å²) in [4.78, 5) is 4.66. The number of rotatable bonds is 3. The highest BCUT2D eigenvalue weighted by Crippen LogP contribution is 2.36. The maximum atomic E-state index is 6.14. The lowest BCUT2D eigenvalue weighted by molar-refractivity contribution is 0.607. The maximum Gasteiger partial charge on any atom is 0.0705 e. The molecular formula is C15H18N2. The van der Waals surface area contributed by atoms with Gasteiger partial charge in [0.25, 0.3) is 0 Å². The van der Waals surface area contributed by atoms with E-state index in [9.17, 15) is 0 Å². The lowest BCUT2D eigenvalue weighted by Gasteiger charge is -2.11. The van der Waals surface area contributed by atoms with Crippen molar-refractivity contribution in [2.45, 2.75) is 38.1 Å². The minimum atomic E-state index is 0.137. The molecule has 88 valence electrons. The number of aromatic nitrogens is 1. The van der Waals surface area contributed by atoms with Crippen LogP contribution >= 0.6 is 0 Å². The summed E-state index contributed by atoms with van der Waals surface area (Å²) in [6, 6.07) is 10.6. The average Bonchev–Trinajstić information content (AvgIpc) is 3.05. The molecule has 1 fully saturated rings. The largest absolute Gasteiger partial charge is 0.325 e. The maximum absolute atomic E-state index is 6.14. The van der Waals surface area contributed by atoms with Gasteiger partial charge in [-0.1, -0.05) is 18.2 Å². The van der Waals surface area contributed by atoms with Crippen LogP contribution in [0.1, 0.15) is 30.5 Å². The number of nitrogens with zero attached hydrogens (tertiary/aromatic N) is 1. The van der Waals surface area contributed by atoms with Crippen molar-refractivity contribution in [1.82, 2.24) is 4.98 Å². The zero-order chi connectivity index (χ0) is 11.9. The highest BCUT2D eigenvalue weighted by molar-refractivity contribution is 5.79. The van der Waals surface area contributed by atoms with Crippen molar-refractivity contribution in [3.8, 4) is 0 Å². The van der Waals surface area contributed by atoms with E-state index in [2.05, 4.69) is 36.2 Å². The third-order valence-corrected chi connectivity index (χ3v) is 3.80. The summed E-state index contributed by atoms with van der Waals surface area (Å²) in [5.74, 6) is 0. The van der Waals surface area contributed by atoms with Crippen LogP contribution in [0, 0.1) is 6.92 Å². The molecule has 1 aliphatic rings. The number of hydrogen-bond donors (Lipinski definition) is 1. The van der Waals surface area contributed by atoms with Crippen LogP contribution in [0.2, 0.25) is 0 Å². The van der Waals surface area contributed by atoms with Crippen molar-refractivity contribution in [3.05, 3.63) is 41.6 Å². The number of hydrogen-bond acceptors (Lipinski definition) is 2. The fourth-order valence-electron chi connectivity index (χ4n) is 2.30. The predicted octanol–water partition coefficient (Wildman–Crippen LogP) is 2.97. The molecular weight excluding hydrogens is 208 g/mol. The molecule has 1 aromatic carbocycles. The minimum absolute atomic E-state index is 0.137. The van der Waals surface area contributed by atoms with Crippen LogP contribution in [0.3, 0.4) is 0 Å². The van der Waals surface area contributed by atoms with Gasteiger partial charge >= 0.3 is 0 Å². The smallest absolute Gasteiger partial charge is 0.0705 e. The monoisotopic (exact) mass is 226 g/mol. The molecule has 0 aliphatic heterocycles. The fourth-order valence-corrected chi connectivity index (χ4v) is 2.30. The van der Waals surface area contributed by atoms with E-state index in [1.807, 2.05) is 6.07 Å². The Kier molecular flexibility index (Phi) is 2.40. The lowest BCUT2D eigenvalue weighted by atomic mass is 10.0. The van der Waals surface area contributed by atoms with Crippen LogP contribution in [-0.4, -0.2) is 10.5 Å². The van der Waals surface area contributed by atoms with Gasteiger partial charge in [0.05, 0.1) is 5.52 Å². The Bertz CT molecular complexity index is 556. The molecule has 2 N–H and O–H groups in total. The topological polar surface area (TPSA) is 38.9 Å². The van der Waals surface area contributed by atoms with Gasteiger partial charge in [-0.2, -0.15) is 0 Å². The van der Waals surface area contributed by atoms with Gasteiger partial charge in [0.15, 0.2) is 0 Å². The van der Waals surface area contributed by atoms with Crippen molar-refractivity contribution in [1.29, 1.82) is 0 Å². The first kappa shape index (κ1) is 10.7. The molecule has 0 amide bonds. The van der Waals surface area contributed by atoms with Crippen LogP contribution in [0.4, 0.5) is 0 Å². The summed E-state index contributed by atoms with van der Waals surface area (Å²) in [7, 11) is 0. The van der Waals surface area contributed by atoms with Crippen LogP contribution in [0.5, 0.6) is 0 Å². The van der Waals surface area contributed by atoms with E-state index in [0.717, 1.165) is 24.1 Å². The second-order valence-electron chi connectivity index (χ2n) is 5.29. The first-order valence-corrected chi connectivity index (χ1v) is 6.30. The lowest BCUT2D eigenvalue weighted by Crippen LogP contribution is -2.22. The summed E-state index contributed by atoms with van der Waals surface area (Å²) in [6.45, 7) is 2.10. The summed E-state index contributed by atoms with van der Waals surface area (Å²) < 4.78 is 0. The molecule has 2 heteroatoms. The second kappa shape index (κ2) is 3.81. The molecule has 0 saturated heterocycles. The van der Waals surface area contributed by atoms with Gasteiger partial charge in [0, 0.05) is 16.6 Å². The Morgan fingerprint density at radius 1 is 1.29 bits per heavy atom. The van der Waals surface area contributed by atoms with E-state index >= 15 is 0 Å². The molecule has 0 atom stereocenters. The van der Waals surface area contributed by atoms with Crippen molar-refractivity contribution < 1.29 is 0 Å². The van der Waals surface area contributed by atoms with Gasteiger partial charge < -0.3 is 5.73 Å². The normalized spacial score (nSPS) is 17.3. The number of para-hydroxylation sites is 1. The van der Waals surface area contributed by atoms with Gasteiger partial charge in [-0.05, 0) is 50.3 Å². The molecule has 1 aromatic heterocycles. The molecule has 3 rings (SSSR count). The van der Waals surface area contributed by atoms with Crippen molar-refractivity contribution in [2.24, 2.45) is 5.73 Å². The quantitative estimate of drug-likeness (QED) is 0.874. The number of pyridine rings is 1. The summed E-state index contributed by atoms with van der Waals surface area (Å²) in [5, 5.41) is 1.23. The molecule has 1 saturated carbocycles. The zero-order valence-corrected chi connectivity index (χ0v) is 10.2. The minimum Gasteiger partial charge on any atom is -0.325 e. The zero-order valence-electron chi connectivity index (χ0n) is 10.2.